The lowest BCUT2D eigenvalue weighted by Crippen LogP contribution is -2.27. The third-order valence-corrected chi connectivity index (χ3v) is 4.64. The minimum Gasteiger partial charge on any atom is -0.496 e. The van der Waals surface area contributed by atoms with Gasteiger partial charge in [0.1, 0.15) is 5.75 Å². The first-order chi connectivity index (χ1) is 11.9. The van der Waals surface area contributed by atoms with Gasteiger partial charge >= 0.3 is 0 Å². The molecular weight excluding hydrogens is 404 g/mol. The molecule has 0 radical (unpaired) electrons. The van der Waals surface area contributed by atoms with Crippen molar-refractivity contribution in [3.63, 3.8) is 0 Å². The van der Waals surface area contributed by atoms with Crippen molar-refractivity contribution in [3.8, 4) is 5.75 Å². The van der Waals surface area contributed by atoms with Crippen LogP contribution < -0.4 is 10.2 Å². The third-order valence-electron chi connectivity index (χ3n) is 3.18. The lowest BCUT2D eigenvalue weighted by Gasteiger charge is -2.09. The fourth-order valence-corrected chi connectivity index (χ4v) is 3.27. The van der Waals surface area contributed by atoms with E-state index in [0.717, 1.165) is 21.4 Å². The van der Waals surface area contributed by atoms with Crippen molar-refractivity contribution in [2.24, 2.45) is 5.10 Å². The van der Waals surface area contributed by atoms with E-state index in [9.17, 15) is 4.79 Å². The van der Waals surface area contributed by atoms with Gasteiger partial charge in [-0.05, 0) is 45.0 Å². The van der Waals surface area contributed by atoms with Gasteiger partial charge in [-0.2, -0.15) is 5.10 Å². The number of rotatable bonds is 6. The van der Waals surface area contributed by atoms with Gasteiger partial charge in [-0.1, -0.05) is 27.7 Å². The Hall–Kier alpha value is -1.93. The van der Waals surface area contributed by atoms with Gasteiger partial charge in [-0.15, -0.1) is 0 Å². The second kappa shape index (κ2) is 8.96. The van der Waals surface area contributed by atoms with Crippen LogP contribution in [0.15, 0.2) is 39.0 Å². The molecule has 0 bridgehead atoms. The van der Waals surface area contributed by atoms with Crippen molar-refractivity contribution in [1.82, 2.24) is 15.4 Å². The molecule has 1 aromatic heterocycles. The number of hydrazone groups is 1. The van der Waals surface area contributed by atoms with E-state index in [1.165, 1.54) is 11.8 Å². The first-order valence-electron chi connectivity index (χ1n) is 7.54. The van der Waals surface area contributed by atoms with Crippen LogP contribution in [0.3, 0.4) is 0 Å². The Morgan fingerprint density at radius 2 is 2.00 bits per heavy atom. The number of carbonyl (C=O) groups excluding carboxylic acids is 1. The Morgan fingerprint density at radius 1 is 1.32 bits per heavy atom. The molecule has 1 heterocycles. The Balaban J connectivity index is 1.98. The summed E-state index contributed by atoms with van der Waals surface area (Å²) in [5.74, 6) is 0.449. The predicted octanol–water partition coefficient (Wildman–Crippen LogP) is 3.50. The van der Waals surface area contributed by atoms with Gasteiger partial charge in [0.15, 0.2) is 5.16 Å². The standard InChI is InChI=1S/C17H19BrN4O2S/c1-10-7-11(2)21-17(20-10)25-12(3)16(23)22-19-9-13-8-14(18)5-6-15(13)24-4/h5-9,12H,1-4H3,(H,22,23)/b19-9-/t12-/m0/s1. The second-order valence-electron chi connectivity index (χ2n) is 5.31. The molecule has 0 spiro atoms. The van der Waals surface area contributed by atoms with Crippen LogP contribution in [0.5, 0.6) is 5.75 Å². The number of ether oxygens (including phenoxy) is 1. The molecule has 1 atom stereocenters. The maximum absolute atomic E-state index is 12.2. The lowest BCUT2D eigenvalue weighted by molar-refractivity contribution is -0.120. The summed E-state index contributed by atoms with van der Waals surface area (Å²) in [6.45, 7) is 5.59. The summed E-state index contributed by atoms with van der Waals surface area (Å²) in [5, 5.41) is 4.22. The average Bonchev–Trinajstić information content (AvgIpc) is 2.54. The molecule has 0 aliphatic carbocycles. The van der Waals surface area contributed by atoms with Gasteiger partial charge in [-0.3, -0.25) is 4.79 Å². The molecule has 1 amide bonds. The van der Waals surface area contributed by atoms with Gasteiger partial charge in [0.25, 0.3) is 5.91 Å². The quantitative estimate of drug-likeness (QED) is 0.333. The van der Waals surface area contributed by atoms with Gasteiger partial charge in [0.05, 0.1) is 18.6 Å². The minimum atomic E-state index is -0.372. The fourth-order valence-electron chi connectivity index (χ4n) is 2.02. The summed E-state index contributed by atoms with van der Waals surface area (Å²) in [4.78, 5) is 20.8. The number of carbonyl (C=O) groups is 1. The van der Waals surface area contributed by atoms with E-state index in [-0.39, 0.29) is 11.2 Å². The summed E-state index contributed by atoms with van der Waals surface area (Å²) in [6.07, 6.45) is 1.55. The molecule has 132 valence electrons. The highest BCUT2D eigenvalue weighted by Crippen LogP contribution is 2.22. The van der Waals surface area contributed by atoms with Gasteiger partial charge in [0.2, 0.25) is 0 Å². The number of nitrogens with one attached hydrogen (secondary N) is 1. The summed E-state index contributed by atoms with van der Waals surface area (Å²) in [7, 11) is 1.59. The van der Waals surface area contributed by atoms with Crippen LogP contribution in [0.2, 0.25) is 0 Å². The molecule has 1 aromatic carbocycles. The largest absolute Gasteiger partial charge is 0.496 e. The number of halogens is 1. The highest BCUT2D eigenvalue weighted by atomic mass is 79.9. The second-order valence-corrected chi connectivity index (χ2v) is 7.54. The van der Waals surface area contributed by atoms with Crippen molar-refractivity contribution >= 4 is 39.8 Å². The van der Waals surface area contributed by atoms with Crippen molar-refractivity contribution in [2.45, 2.75) is 31.2 Å². The molecule has 0 fully saturated rings. The SMILES string of the molecule is COc1ccc(Br)cc1/C=N\NC(=O)[C@H](C)Sc1nc(C)cc(C)n1. The lowest BCUT2D eigenvalue weighted by atomic mass is 10.2. The van der Waals surface area contributed by atoms with Crippen LogP contribution >= 0.6 is 27.7 Å². The Labute approximate surface area is 159 Å². The van der Waals surface area contributed by atoms with E-state index >= 15 is 0 Å². The van der Waals surface area contributed by atoms with Crippen molar-refractivity contribution in [2.75, 3.05) is 7.11 Å². The number of aryl methyl sites for hydroxylation is 2. The highest BCUT2D eigenvalue weighted by molar-refractivity contribution is 9.10. The number of hydrogen-bond donors (Lipinski definition) is 1. The van der Waals surface area contributed by atoms with Gasteiger partial charge in [-0.25, -0.2) is 15.4 Å². The Kier molecular flexibility index (Phi) is 6.95. The summed E-state index contributed by atoms with van der Waals surface area (Å²) in [5.41, 5.74) is 5.05. The normalized spacial score (nSPS) is 12.2. The number of hydrogen-bond acceptors (Lipinski definition) is 6. The number of amides is 1. The van der Waals surface area contributed by atoms with Crippen LogP contribution in [0.4, 0.5) is 0 Å². The van der Waals surface area contributed by atoms with E-state index in [0.29, 0.717) is 10.9 Å². The average molecular weight is 423 g/mol. The molecule has 2 rings (SSSR count). The molecule has 0 saturated carbocycles. The van der Waals surface area contributed by atoms with E-state index in [2.05, 4.69) is 36.4 Å². The van der Waals surface area contributed by atoms with E-state index in [1.807, 2.05) is 38.1 Å². The van der Waals surface area contributed by atoms with Crippen LogP contribution in [0, 0.1) is 13.8 Å². The topological polar surface area (TPSA) is 76.5 Å². The molecule has 0 saturated heterocycles. The third kappa shape index (κ3) is 5.82. The first-order valence-corrected chi connectivity index (χ1v) is 9.21. The van der Waals surface area contributed by atoms with Crippen molar-refractivity contribution in [3.05, 3.63) is 45.7 Å². The van der Waals surface area contributed by atoms with Crippen LogP contribution in [0.25, 0.3) is 0 Å². The number of nitrogens with zero attached hydrogens (tertiary/aromatic N) is 3. The van der Waals surface area contributed by atoms with E-state index in [1.54, 1.807) is 20.2 Å². The fraction of sp³-hybridized carbons (Fsp3) is 0.294. The van der Waals surface area contributed by atoms with Crippen LogP contribution in [-0.2, 0) is 4.79 Å². The number of benzene rings is 1. The maximum atomic E-state index is 12.2. The number of aromatic nitrogens is 2. The van der Waals surface area contributed by atoms with Gasteiger partial charge in [0, 0.05) is 21.4 Å². The molecule has 0 unspecified atom stereocenters. The van der Waals surface area contributed by atoms with Crippen LogP contribution in [0.1, 0.15) is 23.9 Å². The molecule has 1 N–H and O–H groups in total. The molecule has 0 aliphatic rings. The minimum absolute atomic E-state index is 0.224. The smallest absolute Gasteiger partial charge is 0.253 e. The predicted molar refractivity (Wildman–Crippen MR) is 103 cm³/mol. The zero-order valence-electron chi connectivity index (χ0n) is 14.4. The monoisotopic (exact) mass is 422 g/mol. The van der Waals surface area contributed by atoms with E-state index in [4.69, 9.17) is 4.74 Å². The van der Waals surface area contributed by atoms with E-state index < -0.39 is 0 Å². The summed E-state index contributed by atoms with van der Waals surface area (Å²) >= 11 is 4.69. The Morgan fingerprint density at radius 3 is 2.64 bits per heavy atom. The van der Waals surface area contributed by atoms with Gasteiger partial charge < -0.3 is 4.74 Å². The molecule has 2 aromatic rings. The van der Waals surface area contributed by atoms with Crippen molar-refractivity contribution in [1.29, 1.82) is 0 Å². The summed E-state index contributed by atoms with van der Waals surface area (Å²) in [6, 6.07) is 7.45. The first kappa shape index (κ1) is 19.4. The molecule has 8 heteroatoms. The summed E-state index contributed by atoms with van der Waals surface area (Å²) < 4.78 is 6.16. The van der Waals surface area contributed by atoms with Crippen molar-refractivity contribution < 1.29 is 9.53 Å². The Bertz CT molecular complexity index is 778. The molecular formula is C17H19BrN4O2S. The molecule has 25 heavy (non-hydrogen) atoms. The highest BCUT2D eigenvalue weighted by Gasteiger charge is 2.16. The molecule has 6 nitrogen and oxygen atoms in total. The maximum Gasteiger partial charge on any atom is 0.253 e. The van der Waals surface area contributed by atoms with Crippen LogP contribution in [-0.4, -0.2) is 34.4 Å². The number of methoxy groups -OCH3 is 1. The zero-order chi connectivity index (χ0) is 18.4. The zero-order valence-corrected chi connectivity index (χ0v) is 16.8. The number of thioether (sulfide) groups is 1. The molecule has 0 aliphatic heterocycles.